The number of aliphatic hydroxyl groups is 2. The highest BCUT2D eigenvalue weighted by Gasteiger charge is 2.08. The van der Waals surface area contributed by atoms with Gasteiger partial charge in [-0.3, -0.25) is 0 Å². The van der Waals surface area contributed by atoms with Gasteiger partial charge in [0.15, 0.2) is 6.29 Å². The lowest BCUT2D eigenvalue weighted by Gasteiger charge is -2.19. The lowest BCUT2D eigenvalue weighted by Crippen LogP contribution is -2.26. The number of rotatable bonds is 5. The molecular weight excluding hydrogens is 142 g/mol. The molecule has 0 heterocycles. The van der Waals surface area contributed by atoms with Gasteiger partial charge in [0, 0.05) is 13.0 Å². The van der Waals surface area contributed by atoms with Gasteiger partial charge in [0.25, 0.3) is 0 Å². The van der Waals surface area contributed by atoms with E-state index in [1.807, 2.05) is 14.0 Å². The Balaban J connectivity index is 3.43. The van der Waals surface area contributed by atoms with Gasteiger partial charge in [-0.15, -0.1) is 0 Å². The smallest absolute Gasteiger partial charge is 0.151 e. The fourth-order valence-corrected chi connectivity index (χ4v) is 1.10. The molecule has 0 radical (unpaired) electrons. The van der Waals surface area contributed by atoms with E-state index in [2.05, 4.69) is 11.8 Å². The molecule has 0 fully saturated rings. The lowest BCUT2D eigenvalue weighted by atomic mass is 10.1. The van der Waals surface area contributed by atoms with Crippen molar-refractivity contribution < 1.29 is 10.2 Å². The molecule has 0 aromatic heterocycles. The topological polar surface area (TPSA) is 43.7 Å². The Morgan fingerprint density at radius 3 is 2.27 bits per heavy atom. The van der Waals surface area contributed by atoms with E-state index >= 15 is 0 Å². The largest absolute Gasteiger partial charge is 0.368 e. The van der Waals surface area contributed by atoms with Crippen molar-refractivity contribution in [1.29, 1.82) is 0 Å². The highest BCUT2D eigenvalue weighted by Crippen LogP contribution is 2.05. The third-order valence-corrected chi connectivity index (χ3v) is 1.78. The first-order chi connectivity index (χ1) is 5.06. The van der Waals surface area contributed by atoms with Crippen molar-refractivity contribution >= 4 is 0 Å². The van der Waals surface area contributed by atoms with Crippen LogP contribution in [0.1, 0.15) is 20.3 Å². The molecule has 0 amide bonds. The van der Waals surface area contributed by atoms with Gasteiger partial charge < -0.3 is 15.1 Å². The zero-order chi connectivity index (χ0) is 8.85. The maximum Gasteiger partial charge on any atom is 0.151 e. The fraction of sp³-hybridized carbons (Fsp3) is 1.00. The number of nitrogens with zero attached hydrogens (tertiary/aromatic N) is 1. The summed E-state index contributed by atoms with van der Waals surface area (Å²) in [4.78, 5) is 2.16. The predicted molar refractivity (Wildman–Crippen MR) is 45.2 cm³/mol. The molecule has 0 aliphatic heterocycles. The first-order valence-electron chi connectivity index (χ1n) is 4.11. The molecule has 0 aromatic rings. The Kier molecular flexibility index (Phi) is 5.46. The van der Waals surface area contributed by atoms with Crippen molar-refractivity contribution in [3.05, 3.63) is 0 Å². The van der Waals surface area contributed by atoms with Crippen molar-refractivity contribution in [3.8, 4) is 0 Å². The third kappa shape index (κ3) is 6.28. The Labute approximate surface area is 68.6 Å². The summed E-state index contributed by atoms with van der Waals surface area (Å²) in [5.41, 5.74) is 0. The van der Waals surface area contributed by atoms with Gasteiger partial charge >= 0.3 is 0 Å². The van der Waals surface area contributed by atoms with Crippen LogP contribution in [0.15, 0.2) is 0 Å². The van der Waals surface area contributed by atoms with Gasteiger partial charge in [-0.2, -0.15) is 0 Å². The van der Waals surface area contributed by atoms with Crippen LogP contribution in [0.5, 0.6) is 0 Å². The Morgan fingerprint density at radius 1 is 1.36 bits per heavy atom. The van der Waals surface area contributed by atoms with Crippen molar-refractivity contribution in [2.45, 2.75) is 26.6 Å². The molecule has 2 N–H and O–H groups in total. The fourth-order valence-electron chi connectivity index (χ4n) is 1.10. The average molecular weight is 161 g/mol. The van der Waals surface area contributed by atoms with Crippen molar-refractivity contribution in [2.24, 2.45) is 5.92 Å². The van der Waals surface area contributed by atoms with Gasteiger partial charge in [0.1, 0.15) is 0 Å². The van der Waals surface area contributed by atoms with Crippen LogP contribution < -0.4 is 0 Å². The molecule has 1 atom stereocenters. The second-order valence-electron chi connectivity index (χ2n) is 3.18. The first kappa shape index (κ1) is 10.9. The molecule has 0 unspecified atom stereocenters. The van der Waals surface area contributed by atoms with Crippen LogP contribution in [0.25, 0.3) is 0 Å². The summed E-state index contributed by atoms with van der Waals surface area (Å²) in [6.45, 7) is 6.04. The van der Waals surface area contributed by atoms with Gasteiger partial charge in [0.05, 0.1) is 0 Å². The van der Waals surface area contributed by atoms with Crippen LogP contribution in [0.4, 0.5) is 0 Å². The summed E-state index contributed by atoms with van der Waals surface area (Å²) in [5, 5.41) is 17.3. The van der Waals surface area contributed by atoms with E-state index in [1.54, 1.807) is 0 Å². The molecule has 0 rings (SSSR count). The van der Waals surface area contributed by atoms with Crippen molar-refractivity contribution in [1.82, 2.24) is 4.90 Å². The van der Waals surface area contributed by atoms with Gasteiger partial charge in [-0.05, 0) is 19.5 Å². The zero-order valence-electron chi connectivity index (χ0n) is 7.62. The Hall–Kier alpha value is -0.120. The molecule has 0 aliphatic carbocycles. The van der Waals surface area contributed by atoms with Crippen LogP contribution in [-0.2, 0) is 0 Å². The molecule has 0 aromatic carbocycles. The summed E-state index contributed by atoms with van der Waals surface area (Å²) >= 11 is 0. The lowest BCUT2D eigenvalue weighted by molar-refractivity contribution is -0.0562. The van der Waals surface area contributed by atoms with E-state index in [-0.39, 0.29) is 0 Å². The maximum atomic E-state index is 8.65. The quantitative estimate of drug-likeness (QED) is 0.569. The number of hydrogen-bond acceptors (Lipinski definition) is 3. The molecule has 0 aliphatic rings. The van der Waals surface area contributed by atoms with E-state index in [4.69, 9.17) is 10.2 Å². The predicted octanol–water partition coefficient (Wildman–Crippen LogP) is 0.275. The second-order valence-corrected chi connectivity index (χ2v) is 3.18. The normalized spacial score (nSPS) is 14.5. The minimum Gasteiger partial charge on any atom is -0.368 e. The van der Waals surface area contributed by atoms with Crippen LogP contribution in [0.3, 0.4) is 0 Å². The zero-order valence-corrected chi connectivity index (χ0v) is 7.62. The van der Waals surface area contributed by atoms with Crippen LogP contribution in [0, 0.1) is 5.92 Å². The van der Waals surface area contributed by atoms with Gasteiger partial charge in [-0.25, -0.2) is 0 Å². The summed E-state index contributed by atoms with van der Waals surface area (Å²) in [5.74, 6) is 0.347. The van der Waals surface area contributed by atoms with E-state index in [1.165, 1.54) is 0 Å². The average Bonchev–Trinajstić information content (AvgIpc) is 1.85. The minimum atomic E-state index is -1.16. The molecule has 0 saturated heterocycles. The highest BCUT2D eigenvalue weighted by atomic mass is 16.5. The van der Waals surface area contributed by atoms with Crippen LogP contribution in [0.2, 0.25) is 0 Å². The molecule has 3 nitrogen and oxygen atoms in total. The standard InChI is InChI=1S/C8H19NO2/c1-4-9(3)6-7(2)5-8(10)11/h7-8,10-11H,4-6H2,1-3H3/t7-/m1/s1. The molecule has 0 saturated carbocycles. The maximum absolute atomic E-state index is 8.65. The summed E-state index contributed by atoms with van der Waals surface area (Å²) in [6, 6.07) is 0. The Morgan fingerprint density at radius 2 is 1.91 bits per heavy atom. The molecule has 11 heavy (non-hydrogen) atoms. The highest BCUT2D eigenvalue weighted by molar-refractivity contribution is 4.58. The second kappa shape index (κ2) is 5.52. The Bertz CT molecular complexity index is 96.1. The summed E-state index contributed by atoms with van der Waals surface area (Å²) in [7, 11) is 2.03. The summed E-state index contributed by atoms with van der Waals surface area (Å²) in [6.07, 6.45) is -0.695. The van der Waals surface area contributed by atoms with E-state index in [9.17, 15) is 0 Å². The van der Waals surface area contributed by atoms with Gasteiger partial charge in [-0.1, -0.05) is 13.8 Å². The van der Waals surface area contributed by atoms with E-state index in [0.29, 0.717) is 12.3 Å². The molecule has 0 bridgehead atoms. The van der Waals surface area contributed by atoms with E-state index < -0.39 is 6.29 Å². The molecular formula is C8H19NO2. The SMILES string of the molecule is CCN(C)C[C@H](C)CC(O)O. The number of hydrogen-bond donors (Lipinski definition) is 2. The van der Waals surface area contributed by atoms with Gasteiger partial charge in [0.2, 0.25) is 0 Å². The minimum absolute atomic E-state index is 0.347. The van der Waals surface area contributed by atoms with E-state index in [0.717, 1.165) is 13.1 Å². The van der Waals surface area contributed by atoms with Crippen molar-refractivity contribution in [3.63, 3.8) is 0 Å². The first-order valence-corrected chi connectivity index (χ1v) is 4.11. The van der Waals surface area contributed by atoms with Crippen LogP contribution in [-0.4, -0.2) is 41.5 Å². The van der Waals surface area contributed by atoms with Crippen LogP contribution >= 0.6 is 0 Å². The van der Waals surface area contributed by atoms with Crippen molar-refractivity contribution in [2.75, 3.05) is 20.1 Å². The molecule has 0 spiro atoms. The molecule has 3 heteroatoms. The summed E-state index contributed by atoms with van der Waals surface area (Å²) < 4.78 is 0. The number of aliphatic hydroxyl groups excluding tert-OH is 1. The third-order valence-electron chi connectivity index (χ3n) is 1.78. The monoisotopic (exact) mass is 161 g/mol. The molecule has 68 valence electrons.